The summed E-state index contributed by atoms with van der Waals surface area (Å²) in [6.07, 6.45) is -0.238. The summed E-state index contributed by atoms with van der Waals surface area (Å²) in [5.74, 6) is 0.228. The molecule has 1 aromatic rings. The van der Waals surface area contributed by atoms with Gasteiger partial charge in [0.2, 0.25) is 0 Å². The third-order valence-electron chi connectivity index (χ3n) is 1.74. The average molecular weight is 188 g/mol. The van der Waals surface area contributed by atoms with E-state index in [1.807, 2.05) is 0 Å². The average Bonchev–Trinajstić information content (AvgIpc) is 2.48. The van der Waals surface area contributed by atoms with Gasteiger partial charge in [-0.25, -0.2) is 0 Å². The van der Waals surface area contributed by atoms with Crippen LogP contribution in [0.4, 0.5) is 0 Å². The zero-order valence-electron chi connectivity index (χ0n) is 6.73. The predicted molar refractivity (Wildman–Crippen MR) is 48.1 cm³/mol. The Kier molecular flexibility index (Phi) is 3.13. The Balaban J connectivity index is 2.77. The summed E-state index contributed by atoms with van der Waals surface area (Å²) < 4.78 is 0. The highest BCUT2D eigenvalue weighted by Gasteiger charge is 2.19. The van der Waals surface area contributed by atoms with Gasteiger partial charge in [0.1, 0.15) is 6.10 Å². The summed E-state index contributed by atoms with van der Waals surface area (Å²) in [6.45, 7) is 1.79. The van der Waals surface area contributed by atoms with Crippen LogP contribution in [0.25, 0.3) is 0 Å². The fourth-order valence-corrected chi connectivity index (χ4v) is 1.17. The maximum absolute atomic E-state index is 9.50. The van der Waals surface area contributed by atoms with Crippen molar-refractivity contribution < 1.29 is 10.2 Å². The van der Waals surface area contributed by atoms with Crippen LogP contribution in [0, 0.1) is 6.92 Å². The molecule has 0 spiro atoms. The third kappa shape index (κ3) is 1.80. The maximum atomic E-state index is 9.50. The minimum Gasteiger partial charge on any atom is -0.389 e. The van der Waals surface area contributed by atoms with Crippen molar-refractivity contribution in [3.8, 4) is 0 Å². The fourth-order valence-electron chi connectivity index (χ4n) is 0.965. The zero-order valence-corrected chi connectivity index (χ0v) is 7.62. The number of aliphatic hydroxyl groups excluding tert-OH is 2. The minimum atomic E-state index is -0.902. The Morgan fingerprint density at radius 2 is 2.33 bits per heavy atom. The summed E-state index contributed by atoms with van der Waals surface area (Å²) in [7, 11) is 0. The van der Waals surface area contributed by atoms with Crippen LogP contribution in [0.5, 0.6) is 0 Å². The van der Waals surface area contributed by atoms with Gasteiger partial charge in [0.25, 0.3) is 0 Å². The number of nitrogens with zero attached hydrogens (tertiary/aromatic N) is 1. The number of hydrogen-bond acceptors (Lipinski definition) is 4. The zero-order chi connectivity index (χ0) is 9.14. The van der Waals surface area contributed by atoms with Crippen LogP contribution >= 0.6 is 12.6 Å². The molecule has 0 aliphatic rings. The standard InChI is InChI=1S/C7H12N2O2S/c1-4-5(2-8-9-4)7(11)6(10)3-12/h2,6-7,10-12H,3H2,1H3,(H,8,9). The van der Waals surface area contributed by atoms with Crippen molar-refractivity contribution in [3.05, 3.63) is 17.5 Å². The van der Waals surface area contributed by atoms with E-state index >= 15 is 0 Å². The van der Waals surface area contributed by atoms with Gasteiger partial charge >= 0.3 is 0 Å². The molecule has 68 valence electrons. The topological polar surface area (TPSA) is 69.1 Å². The van der Waals surface area contributed by atoms with E-state index < -0.39 is 12.2 Å². The molecular formula is C7H12N2O2S. The normalized spacial score (nSPS) is 16.0. The Labute approximate surface area is 76.0 Å². The molecule has 1 heterocycles. The first kappa shape index (κ1) is 9.57. The highest BCUT2D eigenvalue weighted by atomic mass is 32.1. The van der Waals surface area contributed by atoms with E-state index in [1.54, 1.807) is 6.92 Å². The maximum Gasteiger partial charge on any atom is 0.109 e. The van der Waals surface area contributed by atoms with Gasteiger partial charge in [-0.3, -0.25) is 5.10 Å². The Hall–Kier alpha value is -0.520. The van der Waals surface area contributed by atoms with Gasteiger partial charge in [-0.15, -0.1) is 0 Å². The molecule has 2 unspecified atom stereocenters. The van der Waals surface area contributed by atoms with E-state index in [9.17, 15) is 10.2 Å². The first-order valence-corrected chi connectivity index (χ1v) is 4.27. The van der Waals surface area contributed by atoms with Gasteiger partial charge < -0.3 is 10.2 Å². The Bertz CT molecular complexity index is 251. The molecule has 0 radical (unpaired) electrons. The van der Waals surface area contributed by atoms with Crippen molar-refractivity contribution in [2.24, 2.45) is 0 Å². The molecule has 0 fully saturated rings. The molecule has 12 heavy (non-hydrogen) atoms. The fraction of sp³-hybridized carbons (Fsp3) is 0.571. The molecule has 1 aromatic heterocycles. The summed E-state index contributed by atoms with van der Waals surface area (Å²) in [5, 5.41) is 25.2. The van der Waals surface area contributed by atoms with Gasteiger partial charge in [0, 0.05) is 17.0 Å². The lowest BCUT2D eigenvalue weighted by atomic mass is 10.1. The predicted octanol–water partition coefficient (Wildman–Crippen LogP) is 0.0422. The summed E-state index contributed by atoms with van der Waals surface area (Å²) >= 11 is 3.88. The lowest BCUT2D eigenvalue weighted by molar-refractivity contribution is 0.0334. The highest BCUT2D eigenvalue weighted by molar-refractivity contribution is 7.80. The van der Waals surface area contributed by atoms with Gasteiger partial charge in [-0.2, -0.15) is 17.7 Å². The number of aromatic nitrogens is 2. The smallest absolute Gasteiger partial charge is 0.109 e. The van der Waals surface area contributed by atoms with E-state index in [-0.39, 0.29) is 5.75 Å². The molecule has 3 N–H and O–H groups in total. The molecule has 0 aliphatic carbocycles. The monoisotopic (exact) mass is 188 g/mol. The second kappa shape index (κ2) is 3.93. The number of hydrogen-bond donors (Lipinski definition) is 4. The number of rotatable bonds is 3. The molecule has 1 rings (SSSR count). The summed E-state index contributed by atoms with van der Waals surface area (Å²) in [4.78, 5) is 0. The van der Waals surface area contributed by atoms with Crippen molar-refractivity contribution in [2.75, 3.05) is 5.75 Å². The van der Waals surface area contributed by atoms with Crippen LogP contribution < -0.4 is 0 Å². The van der Waals surface area contributed by atoms with Gasteiger partial charge in [-0.05, 0) is 6.92 Å². The SMILES string of the molecule is Cc1[nH]ncc1C(O)C(O)CS. The van der Waals surface area contributed by atoms with Gasteiger partial charge in [0.05, 0.1) is 12.3 Å². The van der Waals surface area contributed by atoms with Crippen LogP contribution in [-0.2, 0) is 0 Å². The van der Waals surface area contributed by atoms with Crippen molar-refractivity contribution in [3.63, 3.8) is 0 Å². The summed E-state index contributed by atoms with van der Waals surface area (Å²) in [6, 6.07) is 0. The molecule has 0 saturated heterocycles. The van der Waals surface area contributed by atoms with Crippen LogP contribution in [0.3, 0.4) is 0 Å². The molecule has 0 amide bonds. The van der Waals surface area contributed by atoms with E-state index in [0.29, 0.717) is 5.56 Å². The minimum absolute atomic E-state index is 0.228. The van der Waals surface area contributed by atoms with E-state index in [4.69, 9.17) is 0 Å². The number of aliphatic hydroxyl groups is 2. The van der Waals surface area contributed by atoms with Crippen molar-refractivity contribution in [1.82, 2.24) is 10.2 Å². The lowest BCUT2D eigenvalue weighted by Crippen LogP contribution is -2.19. The number of H-pyrrole nitrogens is 1. The van der Waals surface area contributed by atoms with E-state index in [0.717, 1.165) is 5.69 Å². The lowest BCUT2D eigenvalue weighted by Gasteiger charge is -2.14. The van der Waals surface area contributed by atoms with Crippen molar-refractivity contribution in [1.29, 1.82) is 0 Å². The van der Waals surface area contributed by atoms with Crippen molar-refractivity contribution >= 4 is 12.6 Å². The van der Waals surface area contributed by atoms with Crippen LogP contribution in [0.15, 0.2) is 6.20 Å². The highest BCUT2D eigenvalue weighted by Crippen LogP contribution is 2.18. The van der Waals surface area contributed by atoms with Gasteiger partial charge in [0.15, 0.2) is 0 Å². The third-order valence-corrected chi connectivity index (χ3v) is 2.11. The molecule has 5 heteroatoms. The van der Waals surface area contributed by atoms with E-state index in [1.165, 1.54) is 6.20 Å². The van der Waals surface area contributed by atoms with Crippen LogP contribution in [0.2, 0.25) is 0 Å². The largest absolute Gasteiger partial charge is 0.389 e. The Morgan fingerprint density at radius 3 is 2.75 bits per heavy atom. The number of thiol groups is 1. The second-order valence-corrected chi connectivity index (χ2v) is 3.01. The van der Waals surface area contributed by atoms with Gasteiger partial charge in [-0.1, -0.05) is 0 Å². The molecule has 4 nitrogen and oxygen atoms in total. The molecule has 2 atom stereocenters. The number of aryl methyl sites for hydroxylation is 1. The summed E-state index contributed by atoms with van der Waals surface area (Å²) in [5.41, 5.74) is 1.39. The first-order valence-electron chi connectivity index (χ1n) is 3.63. The van der Waals surface area contributed by atoms with E-state index in [2.05, 4.69) is 22.8 Å². The van der Waals surface area contributed by atoms with Crippen LogP contribution in [-0.4, -0.2) is 32.3 Å². The Morgan fingerprint density at radius 1 is 1.67 bits per heavy atom. The molecule has 0 aromatic carbocycles. The molecule has 0 saturated carbocycles. The molecular weight excluding hydrogens is 176 g/mol. The quantitative estimate of drug-likeness (QED) is 0.506. The number of nitrogens with one attached hydrogen (secondary N) is 1. The molecule has 0 bridgehead atoms. The first-order chi connectivity index (χ1) is 5.66. The number of aromatic amines is 1. The van der Waals surface area contributed by atoms with Crippen molar-refractivity contribution in [2.45, 2.75) is 19.1 Å². The second-order valence-electron chi connectivity index (χ2n) is 2.65. The van der Waals surface area contributed by atoms with Crippen LogP contribution in [0.1, 0.15) is 17.4 Å². The molecule has 0 aliphatic heterocycles.